The number of aromatic amines is 1. The minimum Gasteiger partial charge on any atom is -0.361 e. The smallest absolute Gasteiger partial charge is 0.242 e. The predicted molar refractivity (Wildman–Crippen MR) is 122 cm³/mol. The van der Waals surface area contributed by atoms with Crippen LogP contribution in [0.3, 0.4) is 0 Å². The SMILES string of the molecule is CC(C)C(=O)NC(Cc1c[nH]c2ccccc12)C(=O)NCCC(=O)NCc1ccncc1. The van der Waals surface area contributed by atoms with Crippen molar-refractivity contribution >= 4 is 28.6 Å². The fraction of sp³-hybridized carbons (Fsp3) is 0.333. The van der Waals surface area contributed by atoms with E-state index in [9.17, 15) is 14.4 Å². The molecule has 2 aromatic heterocycles. The zero-order chi connectivity index (χ0) is 22.9. The van der Waals surface area contributed by atoms with Crippen LogP contribution in [0.4, 0.5) is 0 Å². The molecule has 168 valence electrons. The highest BCUT2D eigenvalue weighted by molar-refractivity contribution is 5.90. The van der Waals surface area contributed by atoms with Crippen molar-refractivity contribution < 1.29 is 14.4 Å². The first-order valence-electron chi connectivity index (χ1n) is 10.7. The number of rotatable bonds is 10. The maximum absolute atomic E-state index is 12.8. The second-order valence-corrected chi connectivity index (χ2v) is 7.95. The van der Waals surface area contributed by atoms with Crippen molar-refractivity contribution in [1.82, 2.24) is 25.9 Å². The molecule has 0 aliphatic heterocycles. The van der Waals surface area contributed by atoms with E-state index in [1.54, 1.807) is 26.2 Å². The molecule has 0 saturated carbocycles. The van der Waals surface area contributed by atoms with Gasteiger partial charge in [0.25, 0.3) is 0 Å². The second-order valence-electron chi connectivity index (χ2n) is 7.95. The highest BCUT2D eigenvalue weighted by Crippen LogP contribution is 2.19. The quantitative estimate of drug-likeness (QED) is 0.390. The molecule has 1 aromatic carbocycles. The maximum atomic E-state index is 12.8. The number of carbonyl (C=O) groups excluding carboxylic acids is 3. The number of para-hydroxylation sites is 1. The molecule has 4 N–H and O–H groups in total. The second kappa shape index (κ2) is 11.1. The summed E-state index contributed by atoms with van der Waals surface area (Å²) >= 11 is 0. The van der Waals surface area contributed by atoms with Gasteiger partial charge in [-0.25, -0.2) is 0 Å². The number of carbonyl (C=O) groups is 3. The molecule has 0 radical (unpaired) electrons. The van der Waals surface area contributed by atoms with Crippen LogP contribution in [0.1, 0.15) is 31.4 Å². The molecule has 0 spiro atoms. The molecule has 3 rings (SSSR count). The third kappa shape index (κ3) is 6.41. The number of benzene rings is 1. The van der Waals surface area contributed by atoms with Crippen LogP contribution in [-0.2, 0) is 27.3 Å². The van der Waals surface area contributed by atoms with Gasteiger partial charge in [0.2, 0.25) is 17.7 Å². The van der Waals surface area contributed by atoms with E-state index in [4.69, 9.17) is 0 Å². The molecule has 1 unspecified atom stereocenters. The lowest BCUT2D eigenvalue weighted by Crippen LogP contribution is -2.49. The number of hydrogen-bond donors (Lipinski definition) is 4. The minimum absolute atomic E-state index is 0.148. The monoisotopic (exact) mass is 435 g/mol. The Balaban J connectivity index is 1.56. The summed E-state index contributed by atoms with van der Waals surface area (Å²) in [6, 6.07) is 10.7. The molecular formula is C24H29N5O3. The Morgan fingerprint density at radius 3 is 2.50 bits per heavy atom. The lowest BCUT2D eigenvalue weighted by atomic mass is 10.0. The van der Waals surface area contributed by atoms with Crippen LogP contribution in [0.5, 0.6) is 0 Å². The van der Waals surface area contributed by atoms with Crippen molar-refractivity contribution in [2.75, 3.05) is 6.54 Å². The molecule has 1 atom stereocenters. The van der Waals surface area contributed by atoms with Gasteiger partial charge >= 0.3 is 0 Å². The van der Waals surface area contributed by atoms with E-state index in [0.717, 1.165) is 22.0 Å². The van der Waals surface area contributed by atoms with Gasteiger partial charge in [-0.3, -0.25) is 19.4 Å². The molecule has 3 amide bonds. The number of pyridine rings is 1. The van der Waals surface area contributed by atoms with Crippen LogP contribution in [0.15, 0.2) is 55.0 Å². The van der Waals surface area contributed by atoms with E-state index < -0.39 is 6.04 Å². The van der Waals surface area contributed by atoms with Crippen molar-refractivity contribution in [2.24, 2.45) is 5.92 Å². The molecule has 0 fully saturated rings. The summed E-state index contributed by atoms with van der Waals surface area (Å²) in [4.78, 5) is 44.4. The van der Waals surface area contributed by atoms with Gasteiger partial charge in [-0.1, -0.05) is 32.0 Å². The Kier molecular flexibility index (Phi) is 7.96. The molecule has 2 heterocycles. The number of amides is 3. The van der Waals surface area contributed by atoms with E-state index in [2.05, 4.69) is 25.9 Å². The Hall–Kier alpha value is -3.68. The number of H-pyrrole nitrogens is 1. The number of nitrogens with one attached hydrogen (secondary N) is 4. The summed E-state index contributed by atoms with van der Waals surface area (Å²) in [6.07, 6.45) is 5.69. The summed E-state index contributed by atoms with van der Waals surface area (Å²) in [5.41, 5.74) is 2.87. The fourth-order valence-corrected chi connectivity index (χ4v) is 3.28. The van der Waals surface area contributed by atoms with Gasteiger partial charge in [-0.15, -0.1) is 0 Å². The van der Waals surface area contributed by atoms with Crippen molar-refractivity contribution in [1.29, 1.82) is 0 Å². The van der Waals surface area contributed by atoms with Gasteiger partial charge < -0.3 is 20.9 Å². The summed E-state index contributed by atoms with van der Waals surface area (Å²) < 4.78 is 0. The molecule has 0 aliphatic carbocycles. The summed E-state index contributed by atoms with van der Waals surface area (Å²) in [5, 5.41) is 9.44. The van der Waals surface area contributed by atoms with Crippen LogP contribution in [0.2, 0.25) is 0 Å². The zero-order valence-corrected chi connectivity index (χ0v) is 18.4. The predicted octanol–water partition coefficient (Wildman–Crippen LogP) is 2.07. The van der Waals surface area contributed by atoms with E-state index >= 15 is 0 Å². The first kappa shape index (κ1) is 23.0. The largest absolute Gasteiger partial charge is 0.361 e. The van der Waals surface area contributed by atoms with Gasteiger partial charge in [0.1, 0.15) is 6.04 Å². The molecule has 8 heteroatoms. The summed E-state index contributed by atoms with van der Waals surface area (Å²) in [6.45, 7) is 4.15. The van der Waals surface area contributed by atoms with Crippen LogP contribution >= 0.6 is 0 Å². The van der Waals surface area contributed by atoms with Gasteiger partial charge in [0, 0.05) is 61.3 Å². The number of nitrogens with zero attached hydrogens (tertiary/aromatic N) is 1. The van der Waals surface area contributed by atoms with Crippen LogP contribution in [-0.4, -0.2) is 40.3 Å². The minimum atomic E-state index is -0.732. The van der Waals surface area contributed by atoms with E-state index in [1.807, 2.05) is 42.6 Å². The average molecular weight is 436 g/mol. The van der Waals surface area contributed by atoms with E-state index in [-0.39, 0.29) is 36.6 Å². The molecule has 8 nitrogen and oxygen atoms in total. The van der Waals surface area contributed by atoms with Crippen LogP contribution in [0, 0.1) is 5.92 Å². The fourth-order valence-electron chi connectivity index (χ4n) is 3.28. The van der Waals surface area contributed by atoms with Gasteiger partial charge in [-0.05, 0) is 29.3 Å². The first-order chi connectivity index (χ1) is 15.4. The van der Waals surface area contributed by atoms with Gasteiger partial charge in [0.15, 0.2) is 0 Å². The standard InChI is InChI=1S/C24H29N5O3/c1-16(2)23(31)29-21(13-18-15-27-20-6-4-3-5-19(18)20)24(32)26-12-9-22(30)28-14-17-7-10-25-11-8-17/h3-8,10-11,15-16,21,27H,9,12-14H2,1-2H3,(H,26,32)(H,28,30)(H,29,31). The van der Waals surface area contributed by atoms with E-state index in [0.29, 0.717) is 13.0 Å². The lowest BCUT2D eigenvalue weighted by Gasteiger charge is -2.19. The zero-order valence-electron chi connectivity index (χ0n) is 18.4. The normalized spacial score (nSPS) is 11.8. The van der Waals surface area contributed by atoms with Crippen molar-refractivity contribution in [3.8, 4) is 0 Å². The Labute approximate surface area is 187 Å². The topological polar surface area (TPSA) is 116 Å². The molecule has 0 aliphatic rings. The molecule has 0 bridgehead atoms. The molecule has 0 saturated heterocycles. The average Bonchev–Trinajstić information content (AvgIpc) is 3.20. The van der Waals surface area contributed by atoms with E-state index in [1.165, 1.54) is 0 Å². The van der Waals surface area contributed by atoms with Crippen molar-refractivity contribution in [2.45, 2.75) is 39.3 Å². The maximum Gasteiger partial charge on any atom is 0.242 e. The summed E-state index contributed by atoms with van der Waals surface area (Å²) in [7, 11) is 0. The van der Waals surface area contributed by atoms with Crippen molar-refractivity contribution in [3.05, 3.63) is 66.1 Å². The van der Waals surface area contributed by atoms with Gasteiger partial charge in [0.05, 0.1) is 0 Å². The highest BCUT2D eigenvalue weighted by atomic mass is 16.2. The Bertz CT molecular complexity index is 1060. The number of aromatic nitrogens is 2. The molecule has 3 aromatic rings. The first-order valence-corrected chi connectivity index (χ1v) is 10.7. The van der Waals surface area contributed by atoms with Crippen LogP contribution in [0.25, 0.3) is 10.9 Å². The Morgan fingerprint density at radius 1 is 1.00 bits per heavy atom. The summed E-state index contributed by atoms with van der Waals surface area (Å²) in [5.74, 6) is -0.917. The molecule has 32 heavy (non-hydrogen) atoms. The Morgan fingerprint density at radius 2 is 1.75 bits per heavy atom. The third-order valence-corrected chi connectivity index (χ3v) is 5.15. The number of hydrogen-bond acceptors (Lipinski definition) is 4. The van der Waals surface area contributed by atoms with Crippen molar-refractivity contribution in [3.63, 3.8) is 0 Å². The molecular weight excluding hydrogens is 406 g/mol. The highest BCUT2D eigenvalue weighted by Gasteiger charge is 2.23. The lowest BCUT2D eigenvalue weighted by molar-refractivity contribution is -0.130. The van der Waals surface area contributed by atoms with Crippen LogP contribution < -0.4 is 16.0 Å². The third-order valence-electron chi connectivity index (χ3n) is 5.15. The number of fused-ring (bicyclic) bond motifs is 1. The van der Waals surface area contributed by atoms with Gasteiger partial charge in [-0.2, -0.15) is 0 Å².